The Morgan fingerprint density at radius 3 is 2.61 bits per heavy atom. The van der Waals surface area contributed by atoms with Crippen molar-refractivity contribution < 1.29 is 18.3 Å². The molecule has 2 heterocycles. The molecule has 1 aliphatic rings. The zero-order valence-electron chi connectivity index (χ0n) is 10.1. The van der Waals surface area contributed by atoms with Crippen LogP contribution in [0.2, 0.25) is 0 Å². The zero-order valence-corrected chi connectivity index (χ0v) is 11.0. The van der Waals surface area contributed by atoms with E-state index in [9.17, 15) is 13.2 Å². The van der Waals surface area contributed by atoms with Gasteiger partial charge in [0.2, 0.25) is 10.0 Å². The van der Waals surface area contributed by atoms with Crippen LogP contribution >= 0.6 is 0 Å². The van der Waals surface area contributed by atoms with Crippen LogP contribution in [-0.2, 0) is 21.9 Å². The summed E-state index contributed by atoms with van der Waals surface area (Å²) in [6.45, 7) is 2.00. The molecule has 1 aliphatic heterocycles. The molecule has 8 heteroatoms. The van der Waals surface area contributed by atoms with Crippen LogP contribution in [0, 0.1) is 11.8 Å². The first-order valence-electron chi connectivity index (χ1n) is 5.54. The first kappa shape index (κ1) is 13.0. The number of carbonyl (C=O) groups is 1. The highest BCUT2D eigenvalue weighted by atomic mass is 32.2. The number of hydrogen-bond donors (Lipinski definition) is 1. The van der Waals surface area contributed by atoms with E-state index in [1.165, 1.54) is 21.4 Å². The van der Waals surface area contributed by atoms with Crippen molar-refractivity contribution in [1.82, 2.24) is 14.1 Å². The lowest BCUT2D eigenvalue weighted by Crippen LogP contribution is -2.29. The minimum Gasteiger partial charge on any atom is -0.481 e. The third kappa shape index (κ3) is 2.13. The first-order chi connectivity index (χ1) is 8.32. The summed E-state index contributed by atoms with van der Waals surface area (Å²) in [4.78, 5) is 11.1. The van der Waals surface area contributed by atoms with Crippen LogP contribution in [0.1, 0.15) is 6.92 Å². The van der Waals surface area contributed by atoms with Crippen molar-refractivity contribution in [3.63, 3.8) is 0 Å². The van der Waals surface area contributed by atoms with E-state index in [-0.39, 0.29) is 23.9 Å². The van der Waals surface area contributed by atoms with E-state index in [0.29, 0.717) is 0 Å². The predicted octanol–water partition coefficient (Wildman–Crippen LogP) is -0.239. The minimum atomic E-state index is -3.63. The monoisotopic (exact) mass is 273 g/mol. The predicted molar refractivity (Wildman–Crippen MR) is 62.3 cm³/mol. The Labute approximate surface area is 105 Å². The van der Waals surface area contributed by atoms with E-state index in [4.69, 9.17) is 5.11 Å². The minimum absolute atomic E-state index is 0.0216. The van der Waals surface area contributed by atoms with Crippen LogP contribution in [0.4, 0.5) is 0 Å². The summed E-state index contributed by atoms with van der Waals surface area (Å²) < 4.78 is 27.1. The number of nitrogens with zero attached hydrogens (tertiary/aromatic N) is 3. The maximum Gasteiger partial charge on any atom is 0.308 e. The number of aryl methyl sites for hydroxylation is 1. The Morgan fingerprint density at radius 2 is 2.17 bits per heavy atom. The standard InChI is InChI=1S/C10H15N3O4S/c1-7-4-13(6-9(7)10(14)15)18(16,17)8-3-11-12(2)5-8/h3,5,7,9H,4,6H2,1-2H3,(H,14,15)/t7-,9-/m1/s1. The Bertz CT molecular complexity index is 565. The van der Waals surface area contributed by atoms with Crippen LogP contribution in [-0.4, -0.2) is 46.7 Å². The van der Waals surface area contributed by atoms with Gasteiger partial charge in [0.05, 0.1) is 12.1 Å². The van der Waals surface area contributed by atoms with Gasteiger partial charge in [-0.25, -0.2) is 8.42 Å². The van der Waals surface area contributed by atoms with E-state index in [0.717, 1.165) is 0 Å². The Kier molecular flexibility index (Phi) is 3.16. The van der Waals surface area contributed by atoms with Gasteiger partial charge in [-0.3, -0.25) is 9.48 Å². The summed E-state index contributed by atoms with van der Waals surface area (Å²) in [7, 11) is -2.00. The fraction of sp³-hybridized carbons (Fsp3) is 0.600. The fourth-order valence-electron chi connectivity index (χ4n) is 2.12. The van der Waals surface area contributed by atoms with Crippen LogP contribution in [0.15, 0.2) is 17.3 Å². The molecular weight excluding hydrogens is 258 g/mol. The second-order valence-corrected chi connectivity index (χ2v) is 6.53. The quantitative estimate of drug-likeness (QED) is 0.820. The Morgan fingerprint density at radius 1 is 1.50 bits per heavy atom. The molecule has 0 bridgehead atoms. The van der Waals surface area contributed by atoms with E-state index in [2.05, 4.69) is 5.10 Å². The number of carboxylic acids is 1. The summed E-state index contributed by atoms with van der Waals surface area (Å²) in [6.07, 6.45) is 2.68. The fourth-order valence-corrected chi connectivity index (χ4v) is 3.67. The molecule has 1 saturated heterocycles. The highest BCUT2D eigenvalue weighted by molar-refractivity contribution is 7.89. The number of aliphatic carboxylic acids is 1. The molecule has 100 valence electrons. The van der Waals surface area contributed by atoms with Crippen LogP contribution in [0.5, 0.6) is 0 Å². The molecule has 0 saturated carbocycles. The molecule has 0 unspecified atom stereocenters. The van der Waals surface area contributed by atoms with E-state index in [1.807, 2.05) is 0 Å². The van der Waals surface area contributed by atoms with Crippen LogP contribution in [0.25, 0.3) is 0 Å². The SMILES string of the molecule is C[C@@H]1CN(S(=O)(=O)c2cnn(C)c2)C[C@H]1C(=O)O. The molecule has 0 aliphatic carbocycles. The number of aromatic nitrogens is 2. The second-order valence-electron chi connectivity index (χ2n) is 4.59. The summed E-state index contributed by atoms with van der Waals surface area (Å²) in [5, 5.41) is 12.8. The van der Waals surface area contributed by atoms with Gasteiger partial charge < -0.3 is 5.11 Å². The molecule has 1 N–H and O–H groups in total. The van der Waals surface area contributed by atoms with Gasteiger partial charge in [0.15, 0.2) is 0 Å². The van der Waals surface area contributed by atoms with Gasteiger partial charge >= 0.3 is 5.97 Å². The summed E-state index contributed by atoms with van der Waals surface area (Å²) >= 11 is 0. The maximum atomic E-state index is 12.2. The molecule has 2 rings (SSSR count). The third-order valence-electron chi connectivity index (χ3n) is 3.21. The van der Waals surface area contributed by atoms with Crippen molar-refractivity contribution in [2.24, 2.45) is 18.9 Å². The van der Waals surface area contributed by atoms with Gasteiger partial charge in [0.1, 0.15) is 4.90 Å². The molecule has 1 aromatic rings. The van der Waals surface area contributed by atoms with Gasteiger partial charge in [-0.1, -0.05) is 6.92 Å². The van der Waals surface area contributed by atoms with Gasteiger partial charge in [0.25, 0.3) is 0 Å². The number of rotatable bonds is 3. The summed E-state index contributed by atoms with van der Waals surface area (Å²) in [5.41, 5.74) is 0. The van der Waals surface area contributed by atoms with Crippen molar-refractivity contribution >= 4 is 16.0 Å². The van der Waals surface area contributed by atoms with E-state index in [1.54, 1.807) is 14.0 Å². The highest BCUT2D eigenvalue weighted by Crippen LogP contribution is 2.28. The summed E-state index contributed by atoms with van der Waals surface area (Å²) in [6, 6.07) is 0. The molecule has 1 aromatic heterocycles. The van der Waals surface area contributed by atoms with E-state index < -0.39 is 21.9 Å². The average Bonchev–Trinajstić information content (AvgIpc) is 2.84. The molecular formula is C10H15N3O4S. The number of carboxylic acid groups (broad SMARTS) is 1. The van der Waals surface area contributed by atoms with E-state index >= 15 is 0 Å². The van der Waals surface area contributed by atoms with Crippen LogP contribution in [0.3, 0.4) is 0 Å². The van der Waals surface area contributed by atoms with Gasteiger partial charge in [0, 0.05) is 26.3 Å². The van der Waals surface area contributed by atoms with Crippen molar-refractivity contribution in [2.75, 3.05) is 13.1 Å². The number of sulfonamides is 1. The third-order valence-corrected chi connectivity index (χ3v) is 5.00. The van der Waals surface area contributed by atoms with Gasteiger partial charge in [-0.05, 0) is 5.92 Å². The largest absolute Gasteiger partial charge is 0.481 e. The topological polar surface area (TPSA) is 92.5 Å². The molecule has 1 fully saturated rings. The second kappa shape index (κ2) is 4.36. The van der Waals surface area contributed by atoms with Crippen molar-refractivity contribution in [1.29, 1.82) is 0 Å². The average molecular weight is 273 g/mol. The van der Waals surface area contributed by atoms with Gasteiger partial charge in [-0.15, -0.1) is 0 Å². The molecule has 2 atom stereocenters. The maximum absolute atomic E-state index is 12.2. The molecule has 0 aromatic carbocycles. The zero-order chi connectivity index (χ0) is 13.5. The molecule has 0 radical (unpaired) electrons. The van der Waals surface area contributed by atoms with Crippen molar-refractivity contribution in [3.8, 4) is 0 Å². The normalized spacial score (nSPS) is 25.4. The molecule has 0 amide bonds. The van der Waals surface area contributed by atoms with Crippen molar-refractivity contribution in [2.45, 2.75) is 11.8 Å². The molecule has 18 heavy (non-hydrogen) atoms. The van der Waals surface area contributed by atoms with Crippen molar-refractivity contribution in [3.05, 3.63) is 12.4 Å². The lowest BCUT2D eigenvalue weighted by atomic mass is 9.99. The lowest BCUT2D eigenvalue weighted by molar-refractivity contribution is -0.142. The molecule has 0 spiro atoms. The Hall–Kier alpha value is -1.41. The Balaban J connectivity index is 2.26. The summed E-state index contributed by atoms with van der Waals surface area (Å²) in [5.74, 6) is -1.78. The highest BCUT2D eigenvalue weighted by Gasteiger charge is 2.40. The smallest absolute Gasteiger partial charge is 0.308 e. The number of hydrogen-bond acceptors (Lipinski definition) is 4. The van der Waals surface area contributed by atoms with Crippen LogP contribution < -0.4 is 0 Å². The van der Waals surface area contributed by atoms with Gasteiger partial charge in [-0.2, -0.15) is 9.40 Å². The lowest BCUT2D eigenvalue weighted by Gasteiger charge is -2.14. The first-order valence-corrected chi connectivity index (χ1v) is 6.98. The molecule has 7 nitrogen and oxygen atoms in total.